The van der Waals surface area contributed by atoms with Crippen LogP contribution in [0.15, 0.2) is 30.3 Å². The van der Waals surface area contributed by atoms with E-state index in [1.54, 1.807) is 18.2 Å². The van der Waals surface area contributed by atoms with E-state index in [0.29, 0.717) is 38.0 Å². The van der Waals surface area contributed by atoms with Gasteiger partial charge in [0.15, 0.2) is 0 Å². The van der Waals surface area contributed by atoms with Crippen molar-refractivity contribution >= 4 is 57.8 Å². The van der Waals surface area contributed by atoms with Gasteiger partial charge in [-0.15, -0.1) is 0 Å². The number of benzene rings is 2. The van der Waals surface area contributed by atoms with Gasteiger partial charge in [0.25, 0.3) is 5.91 Å². The first-order valence-corrected chi connectivity index (χ1v) is 9.62. The first-order chi connectivity index (χ1) is 12.4. The Morgan fingerprint density at radius 1 is 1.15 bits per heavy atom. The van der Waals surface area contributed by atoms with Crippen molar-refractivity contribution in [2.75, 3.05) is 22.5 Å². The molecule has 0 aliphatic carbocycles. The molecular formula is C19H20Cl3N3O. The van der Waals surface area contributed by atoms with Crippen LogP contribution in [0, 0.1) is 0 Å². The molecule has 4 nitrogen and oxygen atoms in total. The second-order valence-corrected chi connectivity index (χ2v) is 7.76. The van der Waals surface area contributed by atoms with Crippen molar-refractivity contribution in [3.05, 3.63) is 51.0 Å². The Labute approximate surface area is 168 Å². The van der Waals surface area contributed by atoms with Crippen LogP contribution in [0.2, 0.25) is 15.1 Å². The summed E-state index contributed by atoms with van der Waals surface area (Å²) in [5, 5.41) is 3.96. The van der Waals surface area contributed by atoms with Crippen LogP contribution in [-0.4, -0.2) is 18.5 Å². The Morgan fingerprint density at radius 2 is 1.92 bits per heavy atom. The Morgan fingerprint density at radius 3 is 2.65 bits per heavy atom. The molecule has 7 heteroatoms. The number of nitrogens with zero attached hydrogens (tertiary/aromatic N) is 1. The zero-order valence-electron chi connectivity index (χ0n) is 14.4. The fourth-order valence-corrected chi connectivity index (χ4v) is 3.83. The minimum absolute atomic E-state index is 0.292. The van der Waals surface area contributed by atoms with Gasteiger partial charge in [0.1, 0.15) is 0 Å². The maximum absolute atomic E-state index is 12.6. The molecule has 1 unspecified atom stereocenters. The fraction of sp³-hybridized carbons (Fsp3) is 0.316. The van der Waals surface area contributed by atoms with Crippen LogP contribution in [0.25, 0.3) is 0 Å². The van der Waals surface area contributed by atoms with Gasteiger partial charge >= 0.3 is 0 Å². The summed E-state index contributed by atoms with van der Waals surface area (Å²) in [5.41, 5.74) is 8.46. The summed E-state index contributed by atoms with van der Waals surface area (Å²) in [5.74, 6) is -0.373. The molecule has 3 rings (SSSR count). The summed E-state index contributed by atoms with van der Waals surface area (Å²) >= 11 is 18.4. The number of amides is 1. The average molecular weight is 413 g/mol. The highest BCUT2D eigenvalue weighted by atomic mass is 35.5. The summed E-state index contributed by atoms with van der Waals surface area (Å²) < 4.78 is 0. The van der Waals surface area contributed by atoms with Gasteiger partial charge in [-0.1, -0.05) is 34.8 Å². The second-order valence-electron chi connectivity index (χ2n) is 6.51. The lowest BCUT2D eigenvalue weighted by Gasteiger charge is -2.36. The van der Waals surface area contributed by atoms with Crippen LogP contribution in [-0.2, 0) is 0 Å². The Balaban J connectivity index is 1.91. The number of nitrogens with one attached hydrogen (secondary N) is 1. The Bertz CT molecular complexity index is 841. The van der Waals surface area contributed by atoms with Crippen LogP contribution in [0.5, 0.6) is 0 Å². The zero-order valence-corrected chi connectivity index (χ0v) is 16.6. The topological polar surface area (TPSA) is 58.4 Å². The largest absolute Gasteiger partial charge is 0.397 e. The molecule has 0 saturated carbocycles. The van der Waals surface area contributed by atoms with Crippen molar-refractivity contribution in [3.8, 4) is 0 Å². The molecule has 0 spiro atoms. The SMILES string of the molecule is CC1CCCCN1c1cc(NC(=O)c2cc(Cl)ccc2Cl)c(Cl)cc1N. The lowest BCUT2D eigenvalue weighted by Crippen LogP contribution is -2.37. The third-order valence-electron chi connectivity index (χ3n) is 4.65. The molecule has 1 atom stereocenters. The van der Waals surface area contributed by atoms with Crippen molar-refractivity contribution in [2.45, 2.75) is 32.2 Å². The summed E-state index contributed by atoms with van der Waals surface area (Å²) in [7, 11) is 0. The monoisotopic (exact) mass is 411 g/mol. The molecule has 1 fully saturated rings. The van der Waals surface area contributed by atoms with Gasteiger partial charge in [-0.3, -0.25) is 4.79 Å². The van der Waals surface area contributed by atoms with Crippen molar-refractivity contribution in [3.63, 3.8) is 0 Å². The van der Waals surface area contributed by atoms with E-state index in [1.165, 1.54) is 12.5 Å². The van der Waals surface area contributed by atoms with Gasteiger partial charge in [0.05, 0.1) is 32.7 Å². The van der Waals surface area contributed by atoms with Crippen LogP contribution in [0.1, 0.15) is 36.5 Å². The number of nitrogen functional groups attached to an aromatic ring is 1. The zero-order chi connectivity index (χ0) is 18.8. The van der Waals surface area contributed by atoms with E-state index in [0.717, 1.165) is 25.1 Å². The van der Waals surface area contributed by atoms with Gasteiger partial charge in [0, 0.05) is 17.6 Å². The molecule has 1 saturated heterocycles. The Kier molecular flexibility index (Phi) is 5.86. The highest BCUT2D eigenvalue weighted by Crippen LogP contribution is 2.36. The number of nitrogens with two attached hydrogens (primary N) is 1. The van der Waals surface area contributed by atoms with E-state index in [1.807, 2.05) is 6.07 Å². The number of rotatable bonds is 3. The summed E-state index contributed by atoms with van der Waals surface area (Å²) in [6, 6.07) is 8.64. The van der Waals surface area contributed by atoms with E-state index < -0.39 is 0 Å². The van der Waals surface area contributed by atoms with Crippen LogP contribution in [0.4, 0.5) is 17.1 Å². The van der Waals surface area contributed by atoms with Gasteiger partial charge in [-0.2, -0.15) is 0 Å². The molecule has 1 aliphatic rings. The molecule has 26 heavy (non-hydrogen) atoms. The smallest absolute Gasteiger partial charge is 0.257 e. The molecule has 0 bridgehead atoms. The minimum Gasteiger partial charge on any atom is -0.397 e. The quantitative estimate of drug-likeness (QED) is 0.621. The van der Waals surface area contributed by atoms with Crippen LogP contribution < -0.4 is 16.0 Å². The number of piperidine rings is 1. The average Bonchev–Trinajstić information content (AvgIpc) is 2.60. The molecule has 1 heterocycles. The maximum Gasteiger partial charge on any atom is 0.257 e. The highest BCUT2D eigenvalue weighted by molar-refractivity contribution is 6.37. The molecule has 138 valence electrons. The molecule has 0 aromatic heterocycles. The Hall–Kier alpha value is -1.62. The van der Waals surface area contributed by atoms with Gasteiger partial charge in [0.2, 0.25) is 0 Å². The van der Waals surface area contributed by atoms with E-state index in [-0.39, 0.29) is 5.91 Å². The normalized spacial score (nSPS) is 17.2. The van der Waals surface area contributed by atoms with Crippen LogP contribution in [0.3, 0.4) is 0 Å². The molecule has 1 amide bonds. The number of hydrogen-bond acceptors (Lipinski definition) is 3. The number of halogens is 3. The van der Waals surface area contributed by atoms with Crippen LogP contribution >= 0.6 is 34.8 Å². The summed E-state index contributed by atoms with van der Waals surface area (Å²) in [4.78, 5) is 14.9. The number of hydrogen-bond donors (Lipinski definition) is 2. The predicted octanol–water partition coefficient (Wildman–Crippen LogP) is 5.86. The third kappa shape index (κ3) is 4.03. The lowest BCUT2D eigenvalue weighted by atomic mass is 10.0. The first-order valence-electron chi connectivity index (χ1n) is 8.49. The van der Waals surface area contributed by atoms with E-state index in [2.05, 4.69) is 17.1 Å². The predicted molar refractivity (Wildman–Crippen MR) is 111 cm³/mol. The molecule has 1 aliphatic heterocycles. The highest BCUT2D eigenvalue weighted by Gasteiger charge is 2.22. The van der Waals surface area contributed by atoms with Crippen molar-refractivity contribution in [1.29, 1.82) is 0 Å². The second kappa shape index (κ2) is 7.95. The van der Waals surface area contributed by atoms with Gasteiger partial charge in [-0.25, -0.2) is 0 Å². The number of carbonyl (C=O) groups excluding carboxylic acids is 1. The molecular weight excluding hydrogens is 393 g/mol. The lowest BCUT2D eigenvalue weighted by molar-refractivity contribution is 0.102. The van der Waals surface area contributed by atoms with Gasteiger partial charge < -0.3 is 16.0 Å². The van der Waals surface area contributed by atoms with Gasteiger partial charge in [-0.05, 0) is 56.5 Å². The molecule has 0 radical (unpaired) electrons. The van der Waals surface area contributed by atoms with Crippen molar-refractivity contribution in [1.82, 2.24) is 0 Å². The van der Waals surface area contributed by atoms with Crippen molar-refractivity contribution in [2.24, 2.45) is 0 Å². The summed E-state index contributed by atoms with van der Waals surface area (Å²) in [6.07, 6.45) is 3.44. The number of anilines is 3. The number of carbonyl (C=O) groups is 1. The van der Waals surface area contributed by atoms with E-state index in [4.69, 9.17) is 40.5 Å². The van der Waals surface area contributed by atoms with E-state index in [9.17, 15) is 4.79 Å². The standard InChI is InChI=1S/C19H20Cl3N3O/c1-11-4-2-3-7-25(11)18-10-17(15(22)9-16(18)23)24-19(26)13-8-12(20)5-6-14(13)21/h5-6,8-11H,2-4,7,23H2,1H3,(H,24,26). The first kappa shape index (κ1) is 19.2. The van der Waals surface area contributed by atoms with E-state index >= 15 is 0 Å². The minimum atomic E-state index is -0.373. The molecule has 3 N–H and O–H groups in total. The molecule has 2 aromatic carbocycles. The maximum atomic E-state index is 12.6. The molecule has 2 aromatic rings. The summed E-state index contributed by atoms with van der Waals surface area (Å²) in [6.45, 7) is 3.11. The third-order valence-corrected chi connectivity index (χ3v) is 5.53. The van der Waals surface area contributed by atoms with Crippen molar-refractivity contribution < 1.29 is 4.79 Å². The fourth-order valence-electron chi connectivity index (χ4n) is 3.24.